The zero-order chi connectivity index (χ0) is 16.7. The van der Waals surface area contributed by atoms with Crippen LogP contribution in [0, 0.1) is 11.2 Å². The van der Waals surface area contributed by atoms with E-state index in [9.17, 15) is 22.7 Å². The number of rotatable bonds is 2. The highest BCUT2D eigenvalue weighted by Gasteiger charge is 2.44. The maximum Gasteiger partial charge on any atom is 0.416 e. The number of likely N-dealkylation sites (tertiary alicyclic amines) is 1. The Morgan fingerprint density at radius 2 is 1.91 bits per heavy atom. The first kappa shape index (κ1) is 16.7. The molecular formula is C17H21F4NO. The van der Waals surface area contributed by atoms with Crippen LogP contribution in [0.2, 0.25) is 0 Å². The van der Waals surface area contributed by atoms with Crippen molar-refractivity contribution in [2.24, 2.45) is 5.41 Å². The van der Waals surface area contributed by atoms with Gasteiger partial charge in [-0.1, -0.05) is 6.42 Å². The zero-order valence-corrected chi connectivity index (χ0v) is 12.9. The van der Waals surface area contributed by atoms with Gasteiger partial charge in [-0.2, -0.15) is 13.2 Å². The summed E-state index contributed by atoms with van der Waals surface area (Å²) in [6.07, 6.45) is -0.244. The van der Waals surface area contributed by atoms with Crippen LogP contribution in [0.1, 0.15) is 43.2 Å². The van der Waals surface area contributed by atoms with Gasteiger partial charge in [0.15, 0.2) is 0 Å². The van der Waals surface area contributed by atoms with Gasteiger partial charge < -0.3 is 5.11 Å². The first-order chi connectivity index (χ1) is 10.8. The third-order valence-electron chi connectivity index (χ3n) is 5.24. The number of hydrogen-bond donors (Lipinski definition) is 1. The van der Waals surface area contributed by atoms with Crippen LogP contribution in [0.25, 0.3) is 0 Å². The minimum atomic E-state index is -4.54. The minimum Gasteiger partial charge on any atom is -0.393 e. The van der Waals surface area contributed by atoms with Gasteiger partial charge in [0.2, 0.25) is 0 Å². The highest BCUT2D eigenvalue weighted by molar-refractivity contribution is 5.27. The van der Waals surface area contributed by atoms with Crippen molar-refractivity contribution in [3.05, 3.63) is 35.1 Å². The third kappa shape index (κ3) is 3.53. The Balaban J connectivity index is 1.75. The molecule has 2 fully saturated rings. The van der Waals surface area contributed by atoms with Crippen molar-refractivity contribution in [1.82, 2.24) is 4.90 Å². The highest BCUT2D eigenvalue weighted by atomic mass is 19.4. The molecule has 1 spiro atoms. The summed E-state index contributed by atoms with van der Waals surface area (Å²) >= 11 is 0. The van der Waals surface area contributed by atoms with E-state index in [1.807, 2.05) is 4.90 Å². The molecule has 1 saturated carbocycles. The molecule has 1 aliphatic heterocycles. The van der Waals surface area contributed by atoms with Crippen molar-refractivity contribution in [3.63, 3.8) is 0 Å². The Bertz CT molecular complexity index is 574. The average Bonchev–Trinajstić information content (AvgIpc) is 2.78. The van der Waals surface area contributed by atoms with Crippen LogP contribution in [-0.4, -0.2) is 29.2 Å². The predicted molar refractivity (Wildman–Crippen MR) is 78.2 cm³/mol. The molecule has 1 aliphatic carbocycles. The molecule has 2 atom stereocenters. The van der Waals surface area contributed by atoms with Gasteiger partial charge >= 0.3 is 6.18 Å². The fourth-order valence-corrected chi connectivity index (χ4v) is 4.15. The standard InChI is InChI=1S/C17H21F4NO/c18-14-8-12(7-13(9-14)17(19,20)21)10-22-6-2-5-16(11-22)4-1-3-15(16)23/h7-9,15,23H,1-6,10-11H2/t15-,16+/m1/s1. The normalized spacial score (nSPS) is 29.3. The van der Waals surface area contributed by atoms with Crippen LogP contribution < -0.4 is 0 Å². The summed E-state index contributed by atoms with van der Waals surface area (Å²) in [4.78, 5) is 2.05. The Hall–Kier alpha value is -1.14. The number of halogens is 4. The van der Waals surface area contributed by atoms with E-state index in [-0.39, 0.29) is 18.1 Å². The number of alkyl halides is 3. The van der Waals surface area contributed by atoms with Gasteiger partial charge in [-0.05, 0) is 56.0 Å². The number of hydrogen-bond acceptors (Lipinski definition) is 2. The number of benzene rings is 1. The van der Waals surface area contributed by atoms with Gasteiger partial charge in [-0.15, -0.1) is 0 Å². The van der Waals surface area contributed by atoms with E-state index >= 15 is 0 Å². The molecule has 23 heavy (non-hydrogen) atoms. The lowest BCUT2D eigenvalue weighted by atomic mass is 9.76. The second-order valence-electron chi connectivity index (χ2n) is 6.93. The predicted octanol–water partition coefficient (Wildman–Crippen LogP) is 3.97. The van der Waals surface area contributed by atoms with Gasteiger partial charge in [0.25, 0.3) is 0 Å². The van der Waals surface area contributed by atoms with E-state index in [2.05, 4.69) is 0 Å². The van der Waals surface area contributed by atoms with E-state index in [4.69, 9.17) is 0 Å². The summed E-state index contributed by atoms with van der Waals surface area (Å²) < 4.78 is 51.9. The van der Waals surface area contributed by atoms with Gasteiger partial charge in [-0.25, -0.2) is 4.39 Å². The van der Waals surface area contributed by atoms with E-state index in [0.29, 0.717) is 18.2 Å². The lowest BCUT2D eigenvalue weighted by Crippen LogP contribution is -2.46. The third-order valence-corrected chi connectivity index (χ3v) is 5.24. The average molecular weight is 331 g/mol. The SMILES string of the molecule is O[C@@H]1CCC[C@@]12CCCN(Cc1cc(F)cc(C(F)(F)F)c1)C2. The molecule has 0 amide bonds. The molecule has 0 bridgehead atoms. The maximum atomic E-state index is 13.5. The molecule has 2 nitrogen and oxygen atoms in total. The molecule has 0 radical (unpaired) electrons. The molecule has 6 heteroatoms. The van der Waals surface area contributed by atoms with Gasteiger partial charge in [0, 0.05) is 18.5 Å². The molecule has 2 aliphatic rings. The summed E-state index contributed by atoms with van der Waals surface area (Å²) in [6.45, 7) is 1.73. The maximum absolute atomic E-state index is 13.5. The molecule has 1 saturated heterocycles. The second-order valence-corrected chi connectivity index (χ2v) is 6.93. The number of aliphatic hydroxyl groups is 1. The van der Waals surface area contributed by atoms with Crippen molar-refractivity contribution in [2.45, 2.75) is 50.9 Å². The van der Waals surface area contributed by atoms with Crippen LogP contribution in [0.15, 0.2) is 18.2 Å². The Labute approximate surface area is 133 Å². The van der Waals surface area contributed by atoms with Gasteiger partial charge in [0.1, 0.15) is 5.82 Å². The lowest BCUT2D eigenvalue weighted by molar-refractivity contribution is -0.137. The first-order valence-electron chi connectivity index (χ1n) is 8.06. The lowest BCUT2D eigenvalue weighted by Gasteiger charge is -2.42. The molecule has 1 aromatic carbocycles. The molecule has 1 N–H and O–H groups in total. The van der Waals surface area contributed by atoms with Crippen LogP contribution in [-0.2, 0) is 12.7 Å². The fraction of sp³-hybridized carbons (Fsp3) is 0.647. The topological polar surface area (TPSA) is 23.5 Å². The fourth-order valence-electron chi connectivity index (χ4n) is 4.15. The van der Waals surface area contributed by atoms with Crippen molar-refractivity contribution in [3.8, 4) is 0 Å². The van der Waals surface area contributed by atoms with Crippen molar-refractivity contribution < 1.29 is 22.7 Å². The minimum absolute atomic E-state index is 0.127. The monoisotopic (exact) mass is 331 g/mol. The summed E-state index contributed by atoms with van der Waals surface area (Å²) in [6, 6.07) is 2.72. The van der Waals surface area contributed by atoms with Crippen molar-refractivity contribution >= 4 is 0 Å². The molecule has 128 valence electrons. The van der Waals surface area contributed by atoms with Crippen molar-refractivity contribution in [1.29, 1.82) is 0 Å². The molecule has 0 unspecified atom stereocenters. The summed E-state index contributed by atoms with van der Waals surface area (Å²) in [5.74, 6) is -0.859. The molecule has 1 heterocycles. The Morgan fingerprint density at radius 3 is 2.57 bits per heavy atom. The largest absolute Gasteiger partial charge is 0.416 e. The van der Waals surface area contributed by atoms with Crippen molar-refractivity contribution in [2.75, 3.05) is 13.1 Å². The van der Waals surface area contributed by atoms with E-state index in [1.54, 1.807) is 0 Å². The molecule has 3 rings (SSSR count). The molecule has 0 aromatic heterocycles. The summed E-state index contributed by atoms with van der Waals surface area (Å²) in [7, 11) is 0. The van der Waals surface area contributed by atoms with Crippen LogP contribution in [0.5, 0.6) is 0 Å². The van der Waals surface area contributed by atoms with E-state index in [1.165, 1.54) is 6.07 Å². The van der Waals surface area contributed by atoms with E-state index < -0.39 is 17.6 Å². The van der Waals surface area contributed by atoms with Crippen LogP contribution in [0.3, 0.4) is 0 Å². The number of piperidine rings is 1. The molecule has 1 aromatic rings. The number of nitrogens with zero attached hydrogens (tertiary/aromatic N) is 1. The van der Waals surface area contributed by atoms with Gasteiger partial charge in [-0.3, -0.25) is 4.90 Å². The highest BCUT2D eigenvalue weighted by Crippen LogP contribution is 2.45. The summed E-state index contributed by atoms with van der Waals surface area (Å²) in [5, 5.41) is 10.2. The van der Waals surface area contributed by atoms with E-state index in [0.717, 1.165) is 44.7 Å². The quantitative estimate of drug-likeness (QED) is 0.829. The Kier molecular flexibility index (Phi) is 4.40. The van der Waals surface area contributed by atoms with Crippen LogP contribution >= 0.6 is 0 Å². The molecular weight excluding hydrogens is 310 g/mol. The Morgan fingerprint density at radius 1 is 1.17 bits per heavy atom. The zero-order valence-electron chi connectivity index (χ0n) is 12.9. The van der Waals surface area contributed by atoms with Crippen LogP contribution in [0.4, 0.5) is 17.6 Å². The first-order valence-corrected chi connectivity index (χ1v) is 8.06. The summed E-state index contributed by atoms with van der Waals surface area (Å²) in [5.41, 5.74) is -0.736. The smallest absolute Gasteiger partial charge is 0.393 e. The number of aliphatic hydroxyl groups excluding tert-OH is 1. The van der Waals surface area contributed by atoms with Gasteiger partial charge in [0.05, 0.1) is 11.7 Å². The second kappa shape index (κ2) is 6.06.